The summed E-state index contributed by atoms with van der Waals surface area (Å²) in [7, 11) is 0. The van der Waals surface area contributed by atoms with Crippen LogP contribution in [-0.2, 0) is 0 Å². The van der Waals surface area contributed by atoms with Crippen molar-refractivity contribution in [2.24, 2.45) is 0 Å². The van der Waals surface area contributed by atoms with Gasteiger partial charge in [0.2, 0.25) is 0 Å². The summed E-state index contributed by atoms with van der Waals surface area (Å²) in [5.74, 6) is 0. The van der Waals surface area contributed by atoms with E-state index in [2.05, 4.69) is 64.1 Å². The van der Waals surface area contributed by atoms with Crippen molar-refractivity contribution in [1.82, 2.24) is 9.55 Å². The fourth-order valence-electron chi connectivity index (χ4n) is 3.83. The topological polar surface area (TPSA) is 31.0 Å². The molecular weight excluding hydrogens is 296 g/mol. The van der Waals surface area contributed by atoms with Crippen molar-refractivity contribution in [1.29, 1.82) is 0 Å². The Bertz CT molecular complexity index is 1360. The molecule has 0 atom stereocenters. The van der Waals surface area contributed by atoms with Gasteiger partial charge < -0.3 is 8.98 Å². The van der Waals surface area contributed by atoms with Crippen molar-refractivity contribution in [2.45, 2.75) is 0 Å². The highest BCUT2D eigenvalue weighted by molar-refractivity contribution is 6.18. The van der Waals surface area contributed by atoms with E-state index < -0.39 is 0 Å². The number of hydrogen-bond donors (Lipinski definition) is 0. The number of para-hydroxylation sites is 3. The maximum Gasteiger partial charge on any atom is 0.152 e. The van der Waals surface area contributed by atoms with Crippen LogP contribution in [0.5, 0.6) is 0 Å². The van der Waals surface area contributed by atoms with E-state index in [1.165, 1.54) is 5.39 Å². The molecule has 0 bridgehead atoms. The van der Waals surface area contributed by atoms with Gasteiger partial charge in [-0.05, 0) is 35.7 Å². The lowest BCUT2D eigenvalue weighted by Crippen LogP contribution is -2.05. The van der Waals surface area contributed by atoms with Gasteiger partial charge in [0.25, 0.3) is 0 Å². The summed E-state index contributed by atoms with van der Waals surface area (Å²) < 4.78 is 8.50. The Morgan fingerprint density at radius 3 is 2.54 bits per heavy atom. The van der Waals surface area contributed by atoms with Crippen LogP contribution in [0.1, 0.15) is 0 Å². The molecule has 1 aromatic heterocycles. The van der Waals surface area contributed by atoms with Gasteiger partial charge >= 0.3 is 0 Å². The van der Waals surface area contributed by atoms with Crippen LogP contribution in [0.15, 0.2) is 77.3 Å². The largest absolute Gasteiger partial charge is 0.453 e. The van der Waals surface area contributed by atoms with Gasteiger partial charge in [-0.2, -0.15) is 0 Å². The molecule has 0 saturated heterocycles. The van der Waals surface area contributed by atoms with Crippen molar-refractivity contribution in [3.63, 3.8) is 0 Å². The summed E-state index contributed by atoms with van der Waals surface area (Å²) in [5, 5.41) is 3.49. The average Bonchev–Trinajstić information content (AvgIpc) is 2.66. The summed E-state index contributed by atoms with van der Waals surface area (Å²) in [6, 6.07) is 22.8. The van der Waals surface area contributed by atoms with E-state index in [4.69, 9.17) is 4.42 Å². The average molecular weight is 308 g/mol. The molecule has 4 aromatic rings. The summed E-state index contributed by atoms with van der Waals surface area (Å²) in [6.07, 6.45) is 1.88. The minimum atomic E-state index is 0.880. The lowest BCUT2D eigenvalue weighted by Gasteiger charge is -2.22. The fourth-order valence-corrected chi connectivity index (χ4v) is 3.83. The lowest BCUT2D eigenvalue weighted by molar-refractivity contribution is 0.648. The zero-order chi connectivity index (χ0) is 15.7. The molecule has 0 unspecified atom stereocenters. The predicted molar refractivity (Wildman–Crippen MR) is 97.0 cm³/mol. The monoisotopic (exact) mass is 308 g/mol. The van der Waals surface area contributed by atoms with Crippen molar-refractivity contribution in [3.05, 3.63) is 72.9 Å². The third-order valence-electron chi connectivity index (χ3n) is 4.82. The number of rotatable bonds is 0. The molecule has 3 aromatic carbocycles. The normalized spacial score (nSPS) is 12.2. The van der Waals surface area contributed by atoms with E-state index in [9.17, 15) is 0 Å². The first-order valence-electron chi connectivity index (χ1n) is 8.00. The number of aromatic nitrogens is 2. The fraction of sp³-hybridized carbons (Fsp3) is 0. The van der Waals surface area contributed by atoms with Crippen molar-refractivity contribution >= 4 is 43.9 Å². The third kappa shape index (κ3) is 1.35. The summed E-state index contributed by atoms with van der Waals surface area (Å²) in [6.45, 7) is 0. The maximum absolute atomic E-state index is 6.19. The molecule has 0 aliphatic carbocycles. The Labute approximate surface area is 137 Å². The highest BCUT2D eigenvalue weighted by atomic mass is 16.3. The molecule has 6 rings (SSSR count). The zero-order valence-corrected chi connectivity index (χ0v) is 12.7. The molecule has 0 fully saturated rings. The van der Waals surface area contributed by atoms with Gasteiger partial charge in [0.1, 0.15) is 0 Å². The van der Waals surface area contributed by atoms with E-state index in [0.29, 0.717) is 0 Å². The second kappa shape index (κ2) is 4.15. The molecule has 3 nitrogen and oxygen atoms in total. The van der Waals surface area contributed by atoms with Gasteiger partial charge in [-0.3, -0.25) is 4.98 Å². The highest BCUT2D eigenvalue weighted by Crippen LogP contribution is 2.40. The van der Waals surface area contributed by atoms with E-state index >= 15 is 0 Å². The first-order chi connectivity index (χ1) is 11.9. The highest BCUT2D eigenvalue weighted by Gasteiger charge is 2.20. The number of benzene rings is 3. The third-order valence-corrected chi connectivity index (χ3v) is 4.82. The van der Waals surface area contributed by atoms with Gasteiger partial charge in [-0.1, -0.05) is 36.4 Å². The van der Waals surface area contributed by atoms with Gasteiger partial charge in [0.05, 0.1) is 22.2 Å². The van der Waals surface area contributed by atoms with E-state index in [1.54, 1.807) is 0 Å². The maximum atomic E-state index is 6.19. The van der Waals surface area contributed by atoms with Crippen LogP contribution in [0.4, 0.5) is 0 Å². The van der Waals surface area contributed by atoms with Crippen LogP contribution >= 0.6 is 0 Å². The first kappa shape index (κ1) is 12.1. The van der Waals surface area contributed by atoms with Crippen molar-refractivity contribution in [3.8, 4) is 5.69 Å². The second-order valence-electron chi connectivity index (χ2n) is 6.09. The Hall–Kier alpha value is -3.33. The SMILES string of the molecule is c1ccc2c(c1)oc1ccc3ccnc4c5ccccc5n2-c1c34. The van der Waals surface area contributed by atoms with Crippen molar-refractivity contribution in [2.75, 3.05) is 0 Å². The Kier molecular flexibility index (Phi) is 2.10. The summed E-state index contributed by atoms with van der Waals surface area (Å²) >= 11 is 0. The van der Waals surface area contributed by atoms with Gasteiger partial charge in [0.15, 0.2) is 11.2 Å². The van der Waals surface area contributed by atoms with E-state index in [-0.39, 0.29) is 0 Å². The second-order valence-corrected chi connectivity index (χ2v) is 6.09. The first-order valence-corrected chi connectivity index (χ1v) is 8.00. The molecule has 2 aliphatic rings. The van der Waals surface area contributed by atoms with Crippen LogP contribution in [0.25, 0.3) is 49.6 Å². The van der Waals surface area contributed by atoms with Crippen molar-refractivity contribution < 1.29 is 4.42 Å². The Morgan fingerprint density at radius 1 is 0.750 bits per heavy atom. The van der Waals surface area contributed by atoms with Crippen LogP contribution < -0.4 is 0 Å². The quantitative estimate of drug-likeness (QED) is 0.273. The number of nitrogens with zero attached hydrogens (tertiary/aromatic N) is 2. The summed E-state index contributed by atoms with van der Waals surface area (Å²) in [4.78, 5) is 4.69. The minimum absolute atomic E-state index is 0.880. The zero-order valence-electron chi connectivity index (χ0n) is 12.7. The lowest BCUT2D eigenvalue weighted by atomic mass is 10.0. The predicted octanol–water partition coefficient (Wildman–Crippen LogP) is 5.52. The number of hydrogen-bond acceptors (Lipinski definition) is 2. The molecule has 3 heteroatoms. The minimum Gasteiger partial charge on any atom is -0.453 e. The van der Waals surface area contributed by atoms with Crippen LogP contribution in [0.3, 0.4) is 0 Å². The molecule has 0 N–H and O–H groups in total. The standard InChI is InChI=1S/C21H12N2O/c1-2-6-15-14(5-1)20-19-13(11-12-22-20)9-10-18-21(19)23(15)16-7-3-4-8-17(16)24-18/h1-12H. The van der Waals surface area contributed by atoms with Crippen LogP contribution in [0, 0.1) is 0 Å². The smallest absolute Gasteiger partial charge is 0.152 e. The molecule has 24 heavy (non-hydrogen) atoms. The molecular formula is C21H12N2O. The van der Waals surface area contributed by atoms with Gasteiger partial charge in [0, 0.05) is 17.0 Å². The summed E-state index contributed by atoms with van der Waals surface area (Å²) in [5.41, 5.74) is 6.09. The molecule has 0 saturated carbocycles. The molecule has 0 spiro atoms. The van der Waals surface area contributed by atoms with Crippen LogP contribution in [-0.4, -0.2) is 9.55 Å². The van der Waals surface area contributed by atoms with Gasteiger partial charge in [-0.25, -0.2) is 0 Å². The Morgan fingerprint density at radius 2 is 1.58 bits per heavy atom. The molecule has 3 heterocycles. The molecule has 0 amide bonds. The van der Waals surface area contributed by atoms with Gasteiger partial charge in [-0.15, -0.1) is 0 Å². The van der Waals surface area contributed by atoms with E-state index in [0.717, 1.165) is 44.2 Å². The van der Waals surface area contributed by atoms with Crippen LogP contribution in [0.2, 0.25) is 0 Å². The number of pyridine rings is 2. The van der Waals surface area contributed by atoms with E-state index in [1.807, 2.05) is 18.3 Å². The Balaban J connectivity index is 2.11. The number of fused-ring (bicyclic) bond motifs is 5. The molecule has 0 radical (unpaired) electrons. The molecule has 2 aliphatic heterocycles. The molecule has 112 valence electrons.